The molecule has 1 saturated heterocycles. The molecule has 31 heavy (non-hydrogen) atoms. The molecule has 0 spiro atoms. The SMILES string of the molecule is CC1Oc2cc(S(=O)(=O)N3CCN(C(=O)NC4CCCCC4)CC3)c(Cl)cc2NC1=O. The molecule has 9 nitrogen and oxygen atoms in total. The number of carbonyl (C=O) groups excluding carboxylic acids is 2. The molecule has 0 radical (unpaired) electrons. The minimum Gasteiger partial charge on any atom is -0.479 e. The van der Waals surface area contributed by atoms with Gasteiger partial charge in [0, 0.05) is 38.3 Å². The van der Waals surface area contributed by atoms with E-state index in [0.29, 0.717) is 18.8 Å². The van der Waals surface area contributed by atoms with Gasteiger partial charge in [-0.05, 0) is 25.8 Å². The Balaban J connectivity index is 1.43. The summed E-state index contributed by atoms with van der Waals surface area (Å²) in [4.78, 5) is 25.9. The summed E-state index contributed by atoms with van der Waals surface area (Å²) in [5.74, 6) is -0.0534. The van der Waals surface area contributed by atoms with Crippen molar-refractivity contribution in [3.63, 3.8) is 0 Å². The van der Waals surface area contributed by atoms with E-state index in [9.17, 15) is 18.0 Å². The summed E-state index contributed by atoms with van der Waals surface area (Å²) in [6.45, 7) is 2.57. The van der Waals surface area contributed by atoms with Gasteiger partial charge in [-0.15, -0.1) is 0 Å². The zero-order valence-corrected chi connectivity index (χ0v) is 19.0. The van der Waals surface area contributed by atoms with Crippen molar-refractivity contribution in [1.82, 2.24) is 14.5 Å². The molecule has 4 rings (SSSR count). The van der Waals surface area contributed by atoms with Crippen LogP contribution < -0.4 is 15.4 Å². The van der Waals surface area contributed by atoms with Crippen LogP contribution >= 0.6 is 11.6 Å². The van der Waals surface area contributed by atoms with E-state index >= 15 is 0 Å². The number of carbonyl (C=O) groups is 2. The van der Waals surface area contributed by atoms with E-state index in [0.717, 1.165) is 25.7 Å². The molecule has 1 unspecified atom stereocenters. The zero-order valence-electron chi connectivity index (χ0n) is 17.4. The molecule has 0 aromatic heterocycles. The van der Waals surface area contributed by atoms with E-state index in [-0.39, 0.29) is 46.7 Å². The first kappa shape index (κ1) is 22.2. The lowest BCUT2D eigenvalue weighted by Gasteiger charge is -2.35. The molecule has 3 amide bonds. The number of nitrogens with zero attached hydrogens (tertiary/aromatic N) is 2. The maximum Gasteiger partial charge on any atom is 0.317 e. The van der Waals surface area contributed by atoms with Gasteiger partial charge in [0.25, 0.3) is 5.91 Å². The Morgan fingerprint density at radius 3 is 2.52 bits per heavy atom. The normalized spacial score (nSPS) is 23.0. The lowest BCUT2D eigenvalue weighted by Crippen LogP contribution is -2.54. The minimum absolute atomic E-state index is 0.00896. The highest BCUT2D eigenvalue weighted by molar-refractivity contribution is 7.89. The van der Waals surface area contributed by atoms with Crippen LogP contribution in [-0.2, 0) is 14.8 Å². The van der Waals surface area contributed by atoms with E-state index in [1.165, 1.54) is 22.9 Å². The van der Waals surface area contributed by atoms with Gasteiger partial charge in [-0.2, -0.15) is 4.31 Å². The van der Waals surface area contributed by atoms with Crippen LogP contribution in [0.4, 0.5) is 10.5 Å². The summed E-state index contributed by atoms with van der Waals surface area (Å²) in [6.07, 6.45) is 4.74. The summed E-state index contributed by atoms with van der Waals surface area (Å²) < 4.78 is 33.3. The number of hydrogen-bond acceptors (Lipinski definition) is 5. The molecule has 2 aliphatic heterocycles. The van der Waals surface area contributed by atoms with E-state index in [1.54, 1.807) is 11.8 Å². The van der Waals surface area contributed by atoms with Gasteiger partial charge in [0.1, 0.15) is 10.6 Å². The van der Waals surface area contributed by atoms with E-state index in [2.05, 4.69) is 10.6 Å². The topological polar surface area (TPSA) is 108 Å². The van der Waals surface area contributed by atoms with Crippen molar-refractivity contribution in [2.45, 2.75) is 56.1 Å². The number of rotatable bonds is 3. The monoisotopic (exact) mass is 470 g/mol. The van der Waals surface area contributed by atoms with Crippen LogP contribution in [0, 0.1) is 0 Å². The molecule has 1 aromatic carbocycles. The molecule has 3 aliphatic rings. The maximum absolute atomic E-state index is 13.2. The third-order valence-corrected chi connectivity index (χ3v) is 8.40. The summed E-state index contributed by atoms with van der Waals surface area (Å²) in [5, 5.41) is 5.73. The summed E-state index contributed by atoms with van der Waals surface area (Å²) >= 11 is 6.25. The third kappa shape index (κ3) is 4.61. The van der Waals surface area contributed by atoms with Gasteiger partial charge in [0.15, 0.2) is 6.10 Å². The molecular formula is C20H27ClN4O5S. The molecule has 2 fully saturated rings. The second-order valence-corrected chi connectivity index (χ2v) is 10.5. The smallest absolute Gasteiger partial charge is 0.317 e. The van der Waals surface area contributed by atoms with Gasteiger partial charge in [0.05, 0.1) is 10.7 Å². The van der Waals surface area contributed by atoms with Gasteiger partial charge in [-0.3, -0.25) is 4.79 Å². The fourth-order valence-corrected chi connectivity index (χ4v) is 6.13. The van der Waals surface area contributed by atoms with E-state index in [1.807, 2.05) is 0 Å². The van der Waals surface area contributed by atoms with Crippen molar-refractivity contribution >= 4 is 39.2 Å². The first-order chi connectivity index (χ1) is 14.8. The fourth-order valence-electron chi connectivity index (χ4n) is 4.19. The zero-order chi connectivity index (χ0) is 22.2. The number of urea groups is 1. The summed E-state index contributed by atoms with van der Waals surface area (Å²) in [7, 11) is -3.88. The van der Waals surface area contributed by atoms with Crippen LogP contribution in [-0.4, -0.2) is 67.9 Å². The van der Waals surface area contributed by atoms with Gasteiger partial charge >= 0.3 is 6.03 Å². The van der Waals surface area contributed by atoms with E-state index in [4.69, 9.17) is 16.3 Å². The predicted molar refractivity (Wildman–Crippen MR) is 116 cm³/mol. The number of hydrogen-bond donors (Lipinski definition) is 2. The van der Waals surface area contributed by atoms with Crippen molar-refractivity contribution in [2.75, 3.05) is 31.5 Å². The van der Waals surface area contributed by atoms with Gasteiger partial charge in [-0.1, -0.05) is 30.9 Å². The van der Waals surface area contributed by atoms with Crippen molar-refractivity contribution < 1.29 is 22.7 Å². The van der Waals surface area contributed by atoms with Gasteiger partial charge in [-0.25, -0.2) is 13.2 Å². The number of piperazine rings is 1. The third-order valence-electron chi connectivity index (χ3n) is 6.04. The predicted octanol–water partition coefficient (Wildman–Crippen LogP) is 2.41. The lowest BCUT2D eigenvalue weighted by molar-refractivity contribution is -0.122. The molecule has 1 atom stereocenters. The average Bonchev–Trinajstić information content (AvgIpc) is 2.75. The number of amides is 3. The Morgan fingerprint density at radius 1 is 1.16 bits per heavy atom. The number of halogens is 1. The highest BCUT2D eigenvalue weighted by Gasteiger charge is 2.34. The molecule has 2 heterocycles. The Kier molecular flexibility index (Phi) is 6.32. The Labute approximate surface area is 187 Å². The van der Waals surface area contributed by atoms with Crippen LogP contribution in [0.25, 0.3) is 0 Å². The molecule has 11 heteroatoms. The summed E-state index contributed by atoms with van der Waals surface area (Å²) in [5.41, 5.74) is 0.344. The van der Waals surface area contributed by atoms with Crippen molar-refractivity contribution in [1.29, 1.82) is 0 Å². The van der Waals surface area contributed by atoms with Gasteiger partial charge in [0.2, 0.25) is 10.0 Å². The van der Waals surface area contributed by atoms with Gasteiger partial charge < -0.3 is 20.3 Å². The second-order valence-electron chi connectivity index (χ2n) is 8.20. The molecular weight excluding hydrogens is 444 g/mol. The first-order valence-corrected chi connectivity index (χ1v) is 12.4. The van der Waals surface area contributed by atoms with Crippen LogP contribution in [0.15, 0.2) is 17.0 Å². The van der Waals surface area contributed by atoms with Crippen molar-refractivity contribution in [3.8, 4) is 5.75 Å². The van der Waals surface area contributed by atoms with Crippen LogP contribution in [0.2, 0.25) is 5.02 Å². The molecule has 1 saturated carbocycles. The van der Waals surface area contributed by atoms with Crippen LogP contribution in [0.1, 0.15) is 39.0 Å². The molecule has 170 valence electrons. The number of anilines is 1. The highest BCUT2D eigenvalue weighted by Crippen LogP contribution is 2.38. The molecule has 1 aromatic rings. The standard InChI is InChI=1S/C20H27ClN4O5S/c1-13-19(26)23-16-11-15(21)18(12-17(16)30-13)31(28,29)25-9-7-24(8-10-25)20(27)22-14-5-3-2-4-6-14/h11-14H,2-10H2,1H3,(H,22,27)(H,23,26). The number of benzene rings is 1. The lowest BCUT2D eigenvalue weighted by atomic mass is 9.96. The van der Waals surface area contributed by atoms with E-state index < -0.39 is 16.1 Å². The molecule has 0 bridgehead atoms. The Hall–Kier alpha value is -2.04. The van der Waals surface area contributed by atoms with Crippen LogP contribution in [0.5, 0.6) is 5.75 Å². The fraction of sp³-hybridized carbons (Fsp3) is 0.600. The van der Waals surface area contributed by atoms with Crippen molar-refractivity contribution in [3.05, 3.63) is 17.2 Å². The van der Waals surface area contributed by atoms with Crippen LogP contribution in [0.3, 0.4) is 0 Å². The first-order valence-electron chi connectivity index (χ1n) is 10.6. The average molecular weight is 471 g/mol. The summed E-state index contributed by atoms with van der Waals surface area (Å²) in [6, 6.07) is 2.82. The quantitative estimate of drug-likeness (QED) is 0.705. The number of ether oxygens (including phenoxy) is 1. The number of nitrogens with one attached hydrogen (secondary N) is 2. The Bertz CT molecular complexity index is 972. The largest absolute Gasteiger partial charge is 0.479 e. The molecule has 2 N–H and O–H groups in total. The Morgan fingerprint density at radius 2 is 1.84 bits per heavy atom. The highest BCUT2D eigenvalue weighted by atomic mass is 35.5. The minimum atomic E-state index is -3.88. The number of sulfonamides is 1. The number of fused-ring (bicyclic) bond motifs is 1. The second kappa shape index (κ2) is 8.84. The van der Waals surface area contributed by atoms with Crippen molar-refractivity contribution in [2.24, 2.45) is 0 Å². The maximum atomic E-state index is 13.2. The molecule has 1 aliphatic carbocycles.